The number of piperidine rings is 1. The summed E-state index contributed by atoms with van der Waals surface area (Å²) in [7, 11) is 3.79. The van der Waals surface area contributed by atoms with Crippen LogP contribution in [0.3, 0.4) is 0 Å². The highest BCUT2D eigenvalue weighted by Gasteiger charge is 2.19. The number of carbonyl (C=O) groups is 1. The molecule has 0 aliphatic carbocycles. The van der Waals surface area contributed by atoms with Crippen molar-refractivity contribution in [2.75, 3.05) is 33.9 Å². The van der Waals surface area contributed by atoms with Crippen molar-refractivity contribution >= 4 is 5.91 Å². The van der Waals surface area contributed by atoms with Crippen molar-refractivity contribution in [3.8, 4) is 0 Å². The van der Waals surface area contributed by atoms with Gasteiger partial charge in [0.1, 0.15) is 0 Å². The number of nitrogens with zero attached hydrogens (tertiary/aromatic N) is 1. The van der Waals surface area contributed by atoms with Gasteiger partial charge >= 0.3 is 0 Å². The number of methoxy groups -OCH3 is 1. The number of hydrogen-bond acceptors (Lipinski definition) is 3. The van der Waals surface area contributed by atoms with Gasteiger partial charge in [-0.25, -0.2) is 0 Å². The molecular weight excluding hydrogens is 204 g/mol. The van der Waals surface area contributed by atoms with Crippen LogP contribution in [-0.4, -0.2) is 50.7 Å². The van der Waals surface area contributed by atoms with Crippen molar-refractivity contribution in [2.24, 2.45) is 5.92 Å². The summed E-state index contributed by atoms with van der Waals surface area (Å²) in [6.45, 7) is 4.78. The van der Waals surface area contributed by atoms with Gasteiger partial charge in [-0.1, -0.05) is 0 Å². The van der Waals surface area contributed by atoms with E-state index in [0.717, 1.165) is 25.9 Å². The Morgan fingerprint density at radius 3 is 2.69 bits per heavy atom. The molecule has 4 nitrogen and oxygen atoms in total. The van der Waals surface area contributed by atoms with E-state index >= 15 is 0 Å². The lowest BCUT2D eigenvalue weighted by Gasteiger charge is -2.28. The Balaban J connectivity index is 2.18. The zero-order chi connectivity index (χ0) is 12.0. The number of nitrogens with one attached hydrogen (secondary N) is 1. The molecule has 1 fully saturated rings. The molecule has 1 atom stereocenters. The lowest BCUT2D eigenvalue weighted by molar-refractivity contribution is -0.123. The first-order valence-electron chi connectivity index (χ1n) is 6.08. The Bertz CT molecular complexity index is 213. The van der Waals surface area contributed by atoms with Gasteiger partial charge in [0.2, 0.25) is 5.91 Å². The van der Waals surface area contributed by atoms with Gasteiger partial charge in [-0.05, 0) is 45.8 Å². The highest BCUT2D eigenvalue weighted by Crippen LogP contribution is 2.19. The standard InChI is InChI=1S/C12H24N2O2/c1-10(9-16-3)13-12(15)8-11-4-6-14(2)7-5-11/h10-11H,4-9H2,1-3H3,(H,13,15). The van der Waals surface area contributed by atoms with Crippen molar-refractivity contribution in [1.29, 1.82) is 0 Å². The molecule has 1 saturated heterocycles. The van der Waals surface area contributed by atoms with Crippen LogP contribution in [0.15, 0.2) is 0 Å². The van der Waals surface area contributed by atoms with Gasteiger partial charge in [0, 0.05) is 19.6 Å². The quantitative estimate of drug-likeness (QED) is 0.759. The van der Waals surface area contributed by atoms with Crippen LogP contribution in [0.1, 0.15) is 26.2 Å². The SMILES string of the molecule is COCC(C)NC(=O)CC1CCN(C)CC1. The van der Waals surface area contributed by atoms with E-state index in [1.165, 1.54) is 0 Å². The van der Waals surface area contributed by atoms with Crippen molar-refractivity contribution in [2.45, 2.75) is 32.2 Å². The second kappa shape index (κ2) is 6.86. The van der Waals surface area contributed by atoms with E-state index in [1.54, 1.807) is 7.11 Å². The van der Waals surface area contributed by atoms with Gasteiger partial charge in [0.25, 0.3) is 0 Å². The number of rotatable bonds is 5. The van der Waals surface area contributed by atoms with Crippen molar-refractivity contribution in [1.82, 2.24) is 10.2 Å². The van der Waals surface area contributed by atoms with Crippen LogP contribution < -0.4 is 5.32 Å². The summed E-state index contributed by atoms with van der Waals surface area (Å²) in [4.78, 5) is 14.0. The third kappa shape index (κ3) is 4.94. The zero-order valence-electron chi connectivity index (χ0n) is 10.7. The summed E-state index contributed by atoms with van der Waals surface area (Å²) in [5.41, 5.74) is 0. The van der Waals surface area contributed by atoms with Crippen LogP contribution in [0.2, 0.25) is 0 Å². The normalized spacial score (nSPS) is 20.7. The van der Waals surface area contributed by atoms with Crippen LogP contribution in [0.4, 0.5) is 0 Å². The first-order valence-corrected chi connectivity index (χ1v) is 6.08. The molecule has 1 unspecified atom stereocenters. The minimum Gasteiger partial charge on any atom is -0.383 e. The molecule has 1 amide bonds. The highest BCUT2D eigenvalue weighted by molar-refractivity contribution is 5.76. The fourth-order valence-corrected chi connectivity index (χ4v) is 2.15. The fraction of sp³-hybridized carbons (Fsp3) is 0.917. The monoisotopic (exact) mass is 228 g/mol. The highest BCUT2D eigenvalue weighted by atomic mass is 16.5. The smallest absolute Gasteiger partial charge is 0.220 e. The minimum absolute atomic E-state index is 0.115. The predicted octanol–water partition coefficient (Wildman–Crippen LogP) is 0.869. The van der Waals surface area contributed by atoms with E-state index in [-0.39, 0.29) is 11.9 Å². The van der Waals surface area contributed by atoms with Crippen LogP contribution in [0.5, 0.6) is 0 Å². The minimum atomic E-state index is 0.115. The second-order valence-corrected chi connectivity index (χ2v) is 4.87. The summed E-state index contributed by atoms with van der Waals surface area (Å²) in [6, 6.07) is 0.115. The summed E-state index contributed by atoms with van der Waals surface area (Å²) in [6.07, 6.45) is 2.95. The first-order chi connectivity index (χ1) is 7.61. The fourth-order valence-electron chi connectivity index (χ4n) is 2.15. The molecule has 0 spiro atoms. The molecule has 1 heterocycles. The number of hydrogen-bond donors (Lipinski definition) is 1. The largest absolute Gasteiger partial charge is 0.383 e. The zero-order valence-corrected chi connectivity index (χ0v) is 10.7. The Labute approximate surface area is 98.3 Å². The molecule has 94 valence electrons. The van der Waals surface area contributed by atoms with Crippen LogP contribution >= 0.6 is 0 Å². The van der Waals surface area contributed by atoms with Crippen molar-refractivity contribution in [3.63, 3.8) is 0 Å². The first kappa shape index (κ1) is 13.5. The van der Waals surface area contributed by atoms with E-state index in [1.807, 2.05) is 6.92 Å². The molecule has 16 heavy (non-hydrogen) atoms. The number of likely N-dealkylation sites (tertiary alicyclic amines) is 1. The van der Waals surface area contributed by atoms with Crippen molar-refractivity contribution < 1.29 is 9.53 Å². The van der Waals surface area contributed by atoms with Crippen LogP contribution in [0, 0.1) is 5.92 Å². The van der Waals surface area contributed by atoms with E-state index in [4.69, 9.17) is 4.74 Å². The Morgan fingerprint density at radius 1 is 1.50 bits per heavy atom. The van der Waals surface area contributed by atoms with Crippen molar-refractivity contribution in [3.05, 3.63) is 0 Å². The Morgan fingerprint density at radius 2 is 2.12 bits per heavy atom. The summed E-state index contributed by atoms with van der Waals surface area (Å²) in [5.74, 6) is 0.727. The molecule has 1 aliphatic rings. The summed E-state index contributed by atoms with van der Waals surface area (Å²) >= 11 is 0. The van der Waals surface area contributed by atoms with Gasteiger partial charge in [-0.15, -0.1) is 0 Å². The molecule has 0 aromatic heterocycles. The lowest BCUT2D eigenvalue weighted by atomic mass is 9.93. The second-order valence-electron chi connectivity index (χ2n) is 4.87. The molecule has 0 saturated carbocycles. The van der Waals surface area contributed by atoms with Gasteiger partial charge in [-0.2, -0.15) is 0 Å². The third-order valence-corrected chi connectivity index (χ3v) is 3.14. The maximum Gasteiger partial charge on any atom is 0.220 e. The van der Waals surface area contributed by atoms with Gasteiger partial charge in [0.05, 0.1) is 6.61 Å². The lowest BCUT2D eigenvalue weighted by Crippen LogP contribution is -2.38. The Kier molecular flexibility index (Phi) is 5.77. The number of ether oxygens (including phenoxy) is 1. The summed E-state index contributed by atoms with van der Waals surface area (Å²) < 4.78 is 4.99. The predicted molar refractivity (Wildman–Crippen MR) is 64.3 cm³/mol. The molecule has 1 aliphatic heterocycles. The van der Waals surface area contributed by atoms with Gasteiger partial charge in [0.15, 0.2) is 0 Å². The number of carbonyl (C=O) groups excluding carboxylic acids is 1. The molecular formula is C12H24N2O2. The number of amides is 1. The maximum atomic E-state index is 11.7. The third-order valence-electron chi connectivity index (χ3n) is 3.14. The Hall–Kier alpha value is -0.610. The average molecular weight is 228 g/mol. The van der Waals surface area contributed by atoms with E-state index < -0.39 is 0 Å². The van der Waals surface area contributed by atoms with E-state index in [0.29, 0.717) is 18.9 Å². The molecule has 0 aromatic carbocycles. The van der Waals surface area contributed by atoms with E-state index in [9.17, 15) is 4.79 Å². The molecule has 4 heteroatoms. The van der Waals surface area contributed by atoms with Crippen LogP contribution in [0.25, 0.3) is 0 Å². The molecule has 0 radical (unpaired) electrons. The average Bonchev–Trinajstić information content (AvgIpc) is 2.21. The van der Waals surface area contributed by atoms with E-state index in [2.05, 4.69) is 17.3 Å². The molecule has 0 aromatic rings. The van der Waals surface area contributed by atoms with Crippen LogP contribution in [-0.2, 0) is 9.53 Å². The molecule has 1 rings (SSSR count). The van der Waals surface area contributed by atoms with Gasteiger partial charge < -0.3 is 15.0 Å². The molecule has 0 bridgehead atoms. The topological polar surface area (TPSA) is 41.6 Å². The molecule has 1 N–H and O–H groups in total. The maximum absolute atomic E-state index is 11.7. The summed E-state index contributed by atoms with van der Waals surface area (Å²) in [5, 5.41) is 2.96. The van der Waals surface area contributed by atoms with Gasteiger partial charge in [-0.3, -0.25) is 4.79 Å².